The molecule has 0 aliphatic carbocycles. The molecule has 3 aromatic carbocycles. The zero-order valence-electron chi connectivity index (χ0n) is 33.8. The summed E-state index contributed by atoms with van der Waals surface area (Å²) < 4.78 is 24.6. The molecule has 0 atom stereocenters. The van der Waals surface area contributed by atoms with E-state index in [1.54, 1.807) is 26.2 Å². The van der Waals surface area contributed by atoms with E-state index in [1.807, 2.05) is 62.4 Å². The van der Waals surface area contributed by atoms with Crippen molar-refractivity contribution in [2.75, 3.05) is 59.3 Å². The van der Waals surface area contributed by atoms with Crippen molar-refractivity contribution in [3.8, 4) is 17.2 Å². The van der Waals surface area contributed by atoms with Gasteiger partial charge in [0, 0.05) is 35.6 Å². The maximum Gasteiger partial charge on any atom is 0.407 e. The Hall–Kier alpha value is -4.09. The van der Waals surface area contributed by atoms with Crippen molar-refractivity contribution in [3.05, 3.63) is 77.9 Å². The van der Waals surface area contributed by atoms with E-state index >= 15 is 0 Å². The molecular weight excluding hydrogens is 701 g/mol. The number of nitrogen functional groups attached to an aromatic ring is 1. The van der Waals surface area contributed by atoms with Crippen LogP contribution in [0.1, 0.15) is 78.4 Å². The number of rotatable bonds is 24. The number of nitrogens with one attached hydrogen (secondary N) is 2. The highest BCUT2D eigenvalue weighted by molar-refractivity contribution is 7.97. The van der Waals surface area contributed by atoms with Crippen LogP contribution in [0.5, 0.6) is 17.2 Å². The van der Waals surface area contributed by atoms with Crippen molar-refractivity contribution in [1.29, 1.82) is 0 Å². The number of alkyl carbamates (subject to hydrolysis) is 1. The van der Waals surface area contributed by atoms with E-state index in [4.69, 9.17) is 24.7 Å². The van der Waals surface area contributed by atoms with Gasteiger partial charge in [0.2, 0.25) is 5.91 Å². The molecule has 0 saturated carbocycles. The Kier molecular flexibility index (Phi) is 18.3. The SMILES string of the molecule is COc1ccc(CCCc2cccc(OCCNC(=O)C(C)(C)C(C)(C)CCCOC(=O)NCCCN(CC(C)C)Sc3ccc(N)cc3)c2)cc1OC. The number of hydrogen-bond donors (Lipinski definition) is 3. The van der Waals surface area contributed by atoms with Crippen LogP contribution in [-0.4, -0.2) is 69.9 Å². The van der Waals surface area contributed by atoms with Gasteiger partial charge in [-0.15, -0.1) is 0 Å². The van der Waals surface area contributed by atoms with E-state index < -0.39 is 11.5 Å². The Labute approximate surface area is 328 Å². The van der Waals surface area contributed by atoms with Gasteiger partial charge < -0.3 is 35.3 Å². The molecule has 0 aliphatic heterocycles. The molecule has 0 fully saturated rings. The number of aryl methyl sites for hydroxylation is 2. The molecule has 298 valence electrons. The van der Waals surface area contributed by atoms with E-state index in [9.17, 15) is 9.59 Å². The number of methoxy groups -OCH3 is 2. The monoisotopic (exact) mass is 764 g/mol. The third kappa shape index (κ3) is 15.0. The smallest absolute Gasteiger partial charge is 0.407 e. The molecule has 2 amide bonds. The van der Waals surface area contributed by atoms with Gasteiger partial charge in [0.25, 0.3) is 0 Å². The van der Waals surface area contributed by atoms with Crippen LogP contribution in [0, 0.1) is 16.7 Å². The van der Waals surface area contributed by atoms with Crippen LogP contribution >= 0.6 is 11.9 Å². The first-order chi connectivity index (χ1) is 25.7. The van der Waals surface area contributed by atoms with Gasteiger partial charge in [-0.2, -0.15) is 0 Å². The lowest BCUT2D eigenvalue weighted by Gasteiger charge is -2.40. The number of carbonyl (C=O) groups excluding carboxylic acids is 2. The van der Waals surface area contributed by atoms with E-state index in [1.165, 1.54) is 11.1 Å². The summed E-state index contributed by atoms with van der Waals surface area (Å²) >= 11 is 1.71. The lowest BCUT2D eigenvalue weighted by molar-refractivity contribution is -0.136. The highest BCUT2D eigenvalue weighted by atomic mass is 32.2. The summed E-state index contributed by atoms with van der Waals surface area (Å²) in [5, 5.41) is 5.94. The number of nitrogens with two attached hydrogens (primary N) is 1. The lowest BCUT2D eigenvalue weighted by atomic mass is 9.65. The normalized spacial score (nSPS) is 11.7. The molecule has 10 nitrogen and oxygen atoms in total. The Morgan fingerprint density at radius 3 is 2.20 bits per heavy atom. The largest absolute Gasteiger partial charge is 0.493 e. The standard InChI is InChI=1S/C43H64N4O6S/c1-32(2)31-47(54-37-20-18-35(44)19-21-37)26-12-24-46-41(49)53-27-11-23-42(3,4)43(5,6)40(48)45-25-28-52-36-16-10-15-33(29-36)13-9-14-34-17-22-38(50-7)39(30-34)51-8/h10,15-22,29-30,32H,9,11-14,23-28,31,44H2,1-8H3,(H,45,48)(H,46,49). The number of anilines is 1. The molecule has 4 N–H and O–H groups in total. The van der Waals surface area contributed by atoms with Gasteiger partial charge in [0.1, 0.15) is 12.4 Å². The molecule has 54 heavy (non-hydrogen) atoms. The molecule has 0 saturated heterocycles. The minimum absolute atomic E-state index is 0.0280. The second-order valence-electron chi connectivity index (χ2n) is 15.3. The fourth-order valence-corrected chi connectivity index (χ4v) is 7.08. The predicted molar refractivity (Wildman–Crippen MR) is 220 cm³/mol. The van der Waals surface area contributed by atoms with Gasteiger partial charge in [0.15, 0.2) is 11.5 Å². The van der Waals surface area contributed by atoms with Crippen molar-refractivity contribution in [1.82, 2.24) is 14.9 Å². The van der Waals surface area contributed by atoms with Gasteiger partial charge >= 0.3 is 6.09 Å². The molecule has 11 heteroatoms. The van der Waals surface area contributed by atoms with Crippen LogP contribution in [0.3, 0.4) is 0 Å². The molecule has 0 aromatic heterocycles. The second-order valence-corrected chi connectivity index (χ2v) is 16.4. The van der Waals surface area contributed by atoms with Gasteiger partial charge in [0.05, 0.1) is 27.4 Å². The minimum atomic E-state index is -0.644. The topological polar surface area (TPSA) is 124 Å². The zero-order valence-corrected chi connectivity index (χ0v) is 34.6. The van der Waals surface area contributed by atoms with Crippen molar-refractivity contribution < 1.29 is 28.5 Å². The number of nitrogens with zero attached hydrogens (tertiary/aromatic N) is 1. The summed E-state index contributed by atoms with van der Waals surface area (Å²) in [6, 6.07) is 22.0. The third-order valence-electron chi connectivity index (χ3n) is 9.91. The Morgan fingerprint density at radius 2 is 1.52 bits per heavy atom. The maximum atomic E-state index is 13.3. The highest BCUT2D eigenvalue weighted by Crippen LogP contribution is 2.42. The fourth-order valence-electron chi connectivity index (χ4n) is 5.93. The van der Waals surface area contributed by atoms with E-state index in [2.05, 4.69) is 60.8 Å². The summed E-state index contributed by atoms with van der Waals surface area (Å²) in [6.07, 6.45) is 4.62. The Bertz CT molecular complexity index is 1580. The summed E-state index contributed by atoms with van der Waals surface area (Å²) in [5.74, 6) is 2.76. The van der Waals surface area contributed by atoms with Crippen LogP contribution < -0.4 is 30.6 Å². The van der Waals surface area contributed by atoms with Gasteiger partial charge in [-0.25, -0.2) is 9.10 Å². The predicted octanol–water partition coefficient (Wildman–Crippen LogP) is 8.57. The highest BCUT2D eigenvalue weighted by Gasteiger charge is 2.42. The zero-order chi connectivity index (χ0) is 39.6. The van der Waals surface area contributed by atoms with Crippen LogP contribution in [0.4, 0.5) is 10.5 Å². The fraction of sp³-hybridized carbons (Fsp3) is 0.535. The van der Waals surface area contributed by atoms with Crippen molar-refractivity contribution in [2.45, 2.75) is 85.0 Å². The summed E-state index contributed by atoms with van der Waals surface area (Å²) in [6.45, 7) is 15.9. The first-order valence-corrected chi connectivity index (χ1v) is 19.9. The second kappa shape index (κ2) is 22.3. The molecule has 0 bridgehead atoms. The molecule has 0 spiro atoms. The van der Waals surface area contributed by atoms with Crippen LogP contribution in [0.15, 0.2) is 71.6 Å². The Balaban J connectivity index is 1.31. The number of carbonyl (C=O) groups is 2. The van der Waals surface area contributed by atoms with E-state index in [0.717, 1.165) is 73.0 Å². The number of benzene rings is 3. The molecule has 0 unspecified atom stereocenters. The first-order valence-electron chi connectivity index (χ1n) is 19.1. The third-order valence-corrected chi connectivity index (χ3v) is 11.0. The summed E-state index contributed by atoms with van der Waals surface area (Å²) in [7, 11) is 3.29. The van der Waals surface area contributed by atoms with E-state index in [0.29, 0.717) is 38.6 Å². The molecule has 3 aromatic rings. The molecule has 3 rings (SSSR count). The van der Waals surface area contributed by atoms with Crippen molar-refractivity contribution >= 4 is 29.6 Å². The van der Waals surface area contributed by atoms with E-state index in [-0.39, 0.29) is 11.3 Å². The quantitative estimate of drug-likeness (QED) is 0.0468. The first kappa shape index (κ1) is 44.3. The number of ether oxygens (including phenoxy) is 4. The summed E-state index contributed by atoms with van der Waals surface area (Å²) in [4.78, 5) is 26.8. The van der Waals surface area contributed by atoms with Crippen molar-refractivity contribution in [3.63, 3.8) is 0 Å². The average molecular weight is 765 g/mol. The van der Waals surface area contributed by atoms with Crippen LogP contribution in [0.25, 0.3) is 0 Å². The maximum absolute atomic E-state index is 13.3. The molecule has 0 heterocycles. The average Bonchev–Trinajstić information content (AvgIpc) is 3.14. The summed E-state index contributed by atoms with van der Waals surface area (Å²) in [5.41, 5.74) is 8.02. The molecule has 0 radical (unpaired) electrons. The lowest BCUT2D eigenvalue weighted by Crippen LogP contribution is -2.47. The minimum Gasteiger partial charge on any atom is -0.493 e. The van der Waals surface area contributed by atoms with Gasteiger partial charge in [-0.3, -0.25) is 4.79 Å². The number of amides is 2. The van der Waals surface area contributed by atoms with Gasteiger partial charge in [-0.05, 0) is 121 Å². The van der Waals surface area contributed by atoms with Crippen LogP contribution in [-0.2, 0) is 22.4 Å². The van der Waals surface area contributed by atoms with Gasteiger partial charge in [-0.1, -0.05) is 59.7 Å². The molecular formula is C43H64N4O6S. The Morgan fingerprint density at radius 1 is 0.815 bits per heavy atom. The number of hydrogen-bond acceptors (Lipinski definition) is 9. The van der Waals surface area contributed by atoms with Crippen molar-refractivity contribution in [2.24, 2.45) is 16.7 Å². The van der Waals surface area contributed by atoms with Crippen LogP contribution in [0.2, 0.25) is 0 Å². The molecule has 0 aliphatic rings.